The Balaban J connectivity index is 1.60. The lowest BCUT2D eigenvalue weighted by Gasteiger charge is -2.05. The molecule has 1 aliphatic rings. The van der Waals surface area contributed by atoms with Crippen LogP contribution in [0.15, 0.2) is 69.7 Å². The predicted octanol–water partition coefficient (Wildman–Crippen LogP) is 6.72. The lowest BCUT2D eigenvalue weighted by molar-refractivity contribution is -0.129. The highest BCUT2D eigenvalue weighted by atomic mass is 35.5. The number of nitrogens with zero attached hydrogens (tertiary/aromatic N) is 1. The van der Waals surface area contributed by atoms with Crippen LogP contribution in [0.5, 0.6) is 0 Å². The van der Waals surface area contributed by atoms with Crippen LogP contribution in [0.2, 0.25) is 10.0 Å². The molecule has 0 spiro atoms. The molecule has 0 N–H and O–H groups in total. The smallest absolute Gasteiger partial charge is 0.363 e. The van der Waals surface area contributed by atoms with Gasteiger partial charge in [-0.05, 0) is 53.9 Å². The Labute approximate surface area is 178 Å². The van der Waals surface area contributed by atoms with Gasteiger partial charge in [-0.1, -0.05) is 49.2 Å². The van der Waals surface area contributed by atoms with Gasteiger partial charge in [-0.15, -0.1) is 0 Å². The molecule has 6 heteroatoms. The average molecular weight is 426 g/mol. The van der Waals surface area contributed by atoms with Crippen molar-refractivity contribution in [3.8, 4) is 11.3 Å². The highest BCUT2D eigenvalue weighted by Crippen LogP contribution is 2.32. The normalized spacial score (nSPS) is 15.1. The van der Waals surface area contributed by atoms with Gasteiger partial charge in [0.2, 0.25) is 5.90 Å². The molecule has 0 fully saturated rings. The van der Waals surface area contributed by atoms with Crippen LogP contribution in [0.25, 0.3) is 17.4 Å². The quantitative estimate of drug-likeness (QED) is 0.344. The number of benzene rings is 2. The summed E-state index contributed by atoms with van der Waals surface area (Å²) in [5, 5.41) is 1.03. The molecule has 29 heavy (non-hydrogen) atoms. The first kappa shape index (κ1) is 19.5. The molecule has 0 amide bonds. The number of hydrogen-bond acceptors (Lipinski definition) is 4. The second kappa shape index (κ2) is 7.90. The van der Waals surface area contributed by atoms with Gasteiger partial charge in [-0.3, -0.25) is 0 Å². The zero-order valence-corrected chi connectivity index (χ0v) is 17.3. The highest BCUT2D eigenvalue weighted by molar-refractivity contribution is 6.36. The van der Waals surface area contributed by atoms with Crippen molar-refractivity contribution in [1.29, 1.82) is 0 Å². The maximum atomic E-state index is 12.2. The number of halogens is 2. The molecule has 4 nitrogen and oxygen atoms in total. The fraction of sp³-hybridized carbons (Fsp3) is 0.130. The first-order chi connectivity index (χ1) is 13.9. The van der Waals surface area contributed by atoms with Crippen molar-refractivity contribution in [2.75, 3.05) is 0 Å². The summed E-state index contributed by atoms with van der Waals surface area (Å²) < 4.78 is 11.1. The minimum absolute atomic E-state index is 0.177. The maximum Gasteiger partial charge on any atom is 0.363 e. The summed E-state index contributed by atoms with van der Waals surface area (Å²) in [4.78, 5) is 16.5. The second-order valence-corrected chi connectivity index (χ2v) is 7.78. The van der Waals surface area contributed by atoms with E-state index in [2.05, 4.69) is 18.8 Å². The molecule has 0 radical (unpaired) electrons. The fourth-order valence-corrected chi connectivity index (χ4v) is 3.44. The van der Waals surface area contributed by atoms with Gasteiger partial charge in [0.25, 0.3) is 0 Å². The molecule has 2 aromatic carbocycles. The molecule has 1 aromatic heterocycles. The fourth-order valence-electron chi connectivity index (χ4n) is 2.94. The number of carbonyl (C=O) groups is 1. The highest BCUT2D eigenvalue weighted by Gasteiger charge is 2.24. The average Bonchev–Trinajstić information content (AvgIpc) is 3.29. The molecule has 1 aliphatic heterocycles. The Morgan fingerprint density at radius 3 is 2.45 bits per heavy atom. The number of cyclic esters (lactones) is 1. The maximum absolute atomic E-state index is 12.2. The number of hydrogen-bond donors (Lipinski definition) is 0. The first-order valence-electron chi connectivity index (χ1n) is 9.09. The molecule has 2 heterocycles. The second-order valence-electron chi connectivity index (χ2n) is 6.94. The Morgan fingerprint density at radius 1 is 1.00 bits per heavy atom. The Morgan fingerprint density at radius 2 is 1.76 bits per heavy atom. The summed E-state index contributed by atoms with van der Waals surface area (Å²) >= 11 is 12.2. The third kappa shape index (κ3) is 4.14. The van der Waals surface area contributed by atoms with E-state index in [4.69, 9.17) is 32.4 Å². The van der Waals surface area contributed by atoms with Gasteiger partial charge >= 0.3 is 5.97 Å². The van der Waals surface area contributed by atoms with Crippen molar-refractivity contribution < 1.29 is 13.9 Å². The topological polar surface area (TPSA) is 51.8 Å². The number of rotatable bonds is 4. The summed E-state index contributed by atoms with van der Waals surface area (Å²) in [5.41, 5.74) is 2.85. The standard InChI is InChI=1S/C23H17Cl2NO3/c1-13(2)14-3-5-15(6-4-14)22-26-20(23(27)29-22)12-17-8-10-21(28-17)18-9-7-16(24)11-19(18)25/h3-13H,1-2H3/b20-12-. The minimum Gasteiger partial charge on any atom is -0.457 e. The van der Waals surface area contributed by atoms with Gasteiger partial charge in [-0.2, -0.15) is 0 Å². The zero-order valence-electron chi connectivity index (χ0n) is 15.8. The molecule has 0 unspecified atom stereocenters. The van der Waals surface area contributed by atoms with Crippen molar-refractivity contribution in [3.05, 3.63) is 87.2 Å². The van der Waals surface area contributed by atoms with E-state index in [9.17, 15) is 4.79 Å². The summed E-state index contributed by atoms with van der Waals surface area (Å²) in [6, 6.07) is 16.5. The summed E-state index contributed by atoms with van der Waals surface area (Å²) in [5.74, 6) is 1.23. The largest absolute Gasteiger partial charge is 0.457 e. The zero-order chi connectivity index (χ0) is 20.5. The first-order valence-corrected chi connectivity index (χ1v) is 9.84. The van der Waals surface area contributed by atoms with Gasteiger partial charge in [0.05, 0.1) is 5.02 Å². The van der Waals surface area contributed by atoms with Crippen LogP contribution < -0.4 is 0 Å². The Hall–Kier alpha value is -2.82. The molecule has 0 bridgehead atoms. The van der Waals surface area contributed by atoms with Crippen LogP contribution in [0.4, 0.5) is 0 Å². The summed E-state index contributed by atoms with van der Waals surface area (Å²) in [6.07, 6.45) is 1.55. The minimum atomic E-state index is -0.518. The van der Waals surface area contributed by atoms with Crippen molar-refractivity contribution in [2.45, 2.75) is 19.8 Å². The van der Waals surface area contributed by atoms with Gasteiger partial charge < -0.3 is 9.15 Å². The van der Waals surface area contributed by atoms with Crippen LogP contribution in [0.3, 0.4) is 0 Å². The lowest BCUT2D eigenvalue weighted by atomic mass is 10.0. The molecule has 146 valence electrons. The van der Waals surface area contributed by atoms with Crippen molar-refractivity contribution >= 4 is 41.1 Å². The molecule has 0 saturated heterocycles. The van der Waals surface area contributed by atoms with Gasteiger partial charge in [0.15, 0.2) is 5.70 Å². The number of esters is 1. The lowest BCUT2D eigenvalue weighted by Crippen LogP contribution is -2.05. The molecule has 0 saturated carbocycles. The van der Waals surface area contributed by atoms with Crippen LogP contribution in [0, 0.1) is 0 Å². The molecule has 3 aromatic rings. The van der Waals surface area contributed by atoms with Crippen molar-refractivity contribution in [1.82, 2.24) is 0 Å². The van der Waals surface area contributed by atoms with Crippen LogP contribution in [-0.2, 0) is 9.53 Å². The van der Waals surface area contributed by atoms with E-state index >= 15 is 0 Å². The molecular weight excluding hydrogens is 409 g/mol. The van der Waals surface area contributed by atoms with Crippen molar-refractivity contribution in [3.63, 3.8) is 0 Å². The molecule has 0 aliphatic carbocycles. The van der Waals surface area contributed by atoms with E-state index in [0.29, 0.717) is 33.0 Å². The van der Waals surface area contributed by atoms with E-state index in [1.54, 1.807) is 36.4 Å². The molecular formula is C23H17Cl2NO3. The van der Waals surface area contributed by atoms with E-state index < -0.39 is 5.97 Å². The summed E-state index contributed by atoms with van der Waals surface area (Å²) in [7, 11) is 0. The Kier molecular flexibility index (Phi) is 5.31. The summed E-state index contributed by atoms with van der Waals surface area (Å²) in [6.45, 7) is 4.25. The van der Waals surface area contributed by atoms with E-state index in [1.807, 2.05) is 24.3 Å². The van der Waals surface area contributed by atoms with E-state index in [0.717, 1.165) is 5.56 Å². The monoisotopic (exact) mass is 425 g/mol. The number of furan rings is 1. The Bertz CT molecular complexity index is 1140. The van der Waals surface area contributed by atoms with Gasteiger partial charge in [-0.25, -0.2) is 9.79 Å². The molecule has 0 atom stereocenters. The third-order valence-electron chi connectivity index (χ3n) is 4.55. The van der Waals surface area contributed by atoms with Crippen LogP contribution in [-0.4, -0.2) is 11.9 Å². The van der Waals surface area contributed by atoms with Gasteiger partial charge in [0, 0.05) is 22.2 Å². The van der Waals surface area contributed by atoms with Crippen molar-refractivity contribution in [2.24, 2.45) is 4.99 Å². The predicted molar refractivity (Wildman–Crippen MR) is 115 cm³/mol. The SMILES string of the molecule is CC(C)c1ccc(C2=N/C(=C\c3ccc(-c4ccc(Cl)cc4Cl)o3)C(=O)O2)cc1. The number of ether oxygens (including phenoxy) is 1. The third-order valence-corrected chi connectivity index (χ3v) is 5.09. The number of carbonyl (C=O) groups excluding carboxylic acids is 1. The number of aliphatic imine (C=N–C) groups is 1. The van der Waals surface area contributed by atoms with Crippen LogP contribution in [0.1, 0.15) is 36.7 Å². The van der Waals surface area contributed by atoms with Crippen LogP contribution >= 0.6 is 23.2 Å². The molecule has 4 rings (SSSR count). The van der Waals surface area contributed by atoms with E-state index in [-0.39, 0.29) is 11.6 Å². The van der Waals surface area contributed by atoms with E-state index in [1.165, 1.54) is 5.56 Å². The van der Waals surface area contributed by atoms with Gasteiger partial charge in [0.1, 0.15) is 11.5 Å².